The van der Waals surface area contributed by atoms with E-state index in [1.54, 1.807) is 12.1 Å². The molecule has 0 unspecified atom stereocenters. The largest absolute Gasteiger partial charge is 0.479 e. The van der Waals surface area contributed by atoms with Gasteiger partial charge in [-0.2, -0.15) is 0 Å². The number of hydrogen-bond acceptors (Lipinski definition) is 4. The highest BCUT2D eigenvalue weighted by Gasteiger charge is 2.53. The molecular weight excluding hydrogens is 437 g/mol. The number of carbonyl (C=O) groups is 2. The predicted octanol–water partition coefficient (Wildman–Crippen LogP) is 3.44. The lowest BCUT2D eigenvalue weighted by atomic mass is 10.0. The van der Waals surface area contributed by atoms with Crippen molar-refractivity contribution < 1.29 is 27.9 Å². The summed E-state index contributed by atoms with van der Waals surface area (Å²) in [6.45, 7) is 0. The Kier molecular flexibility index (Phi) is 4.77. The number of nitrogens with zero attached hydrogens (tertiary/aromatic N) is 3. The third-order valence-electron chi connectivity index (χ3n) is 6.32. The van der Waals surface area contributed by atoms with E-state index in [9.17, 15) is 27.9 Å². The Morgan fingerprint density at radius 1 is 1.03 bits per heavy atom. The number of nitrogens with one attached hydrogen (secondary N) is 1. The van der Waals surface area contributed by atoms with E-state index in [-0.39, 0.29) is 17.1 Å². The fourth-order valence-electron chi connectivity index (χ4n) is 3.97. The molecule has 170 valence electrons. The van der Waals surface area contributed by atoms with Gasteiger partial charge in [-0.25, -0.2) is 22.6 Å². The van der Waals surface area contributed by atoms with Gasteiger partial charge in [0.05, 0.1) is 11.8 Å². The maximum absolute atomic E-state index is 14.8. The van der Waals surface area contributed by atoms with Gasteiger partial charge in [-0.1, -0.05) is 17.3 Å². The Labute approximate surface area is 186 Å². The van der Waals surface area contributed by atoms with E-state index in [0.717, 1.165) is 22.4 Å². The van der Waals surface area contributed by atoms with Gasteiger partial charge in [0.15, 0.2) is 5.54 Å². The molecule has 1 amide bonds. The van der Waals surface area contributed by atoms with Crippen LogP contribution in [0.2, 0.25) is 0 Å². The molecule has 2 aliphatic carbocycles. The number of amides is 1. The van der Waals surface area contributed by atoms with Crippen LogP contribution in [0.4, 0.5) is 13.2 Å². The minimum absolute atomic E-state index is 0.0270. The summed E-state index contributed by atoms with van der Waals surface area (Å²) < 4.78 is 43.9. The Morgan fingerprint density at radius 3 is 2.33 bits per heavy atom. The van der Waals surface area contributed by atoms with Gasteiger partial charge in [-0.3, -0.25) is 4.79 Å². The fraction of sp³-hybridized carbons (Fsp3) is 0.304. The van der Waals surface area contributed by atoms with Crippen LogP contribution < -0.4 is 5.32 Å². The first-order chi connectivity index (χ1) is 15.7. The van der Waals surface area contributed by atoms with Crippen LogP contribution in [0.25, 0.3) is 11.3 Å². The highest BCUT2D eigenvalue weighted by atomic mass is 19.1. The molecular formula is C23H19F3N4O3. The molecule has 33 heavy (non-hydrogen) atoms. The van der Waals surface area contributed by atoms with Crippen LogP contribution in [0.3, 0.4) is 0 Å². The average Bonchev–Trinajstić information content (AvgIpc) is 3.69. The Bertz CT molecular complexity index is 1260. The highest BCUT2D eigenvalue weighted by Crippen LogP contribution is 2.43. The molecule has 1 aromatic heterocycles. The van der Waals surface area contributed by atoms with E-state index in [1.165, 1.54) is 18.3 Å². The summed E-state index contributed by atoms with van der Waals surface area (Å²) >= 11 is 0. The first-order valence-corrected chi connectivity index (χ1v) is 10.4. The van der Waals surface area contributed by atoms with Crippen LogP contribution in [0.15, 0.2) is 42.6 Å². The van der Waals surface area contributed by atoms with Crippen molar-refractivity contribution in [1.82, 2.24) is 20.3 Å². The molecule has 0 atom stereocenters. The first kappa shape index (κ1) is 21.2. The zero-order valence-electron chi connectivity index (χ0n) is 17.3. The standard InChI is InChI=1S/C23H19F3N4O3/c24-14-3-1-13(2-4-14)11-22(5-6-22)27-20(31)16-10-17(25)15(9-18(16)26)19-12-30(29-28-19)23(7-8-23)21(32)33/h1-4,9-10,12H,5-8,11H2,(H,27,31)(H,32,33). The van der Waals surface area contributed by atoms with Crippen molar-refractivity contribution >= 4 is 11.9 Å². The number of carboxylic acids is 1. The van der Waals surface area contributed by atoms with E-state index < -0.39 is 40.2 Å². The molecule has 0 spiro atoms. The second kappa shape index (κ2) is 7.43. The van der Waals surface area contributed by atoms with Crippen molar-refractivity contribution in [3.8, 4) is 11.3 Å². The van der Waals surface area contributed by atoms with Crippen molar-refractivity contribution in [3.63, 3.8) is 0 Å². The zero-order valence-corrected chi connectivity index (χ0v) is 17.3. The molecule has 2 aromatic carbocycles. The topological polar surface area (TPSA) is 97.1 Å². The summed E-state index contributed by atoms with van der Waals surface area (Å²) in [4.78, 5) is 24.1. The molecule has 2 aliphatic rings. The highest BCUT2D eigenvalue weighted by molar-refractivity contribution is 5.95. The van der Waals surface area contributed by atoms with E-state index in [4.69, 9.17) is 0 Å². The summed E-state index contributed by atoms with van der Waals surface area (Å²) in [6.07, 6.45) is 3.82. The number of benzene rings is 2. The molecule has 2 fully saturated rings. The number of halogens is 3. The number of aromatic nitrogens is 3. The van der Waals surface area contributed by atoms with Gasteiger partial charge in [0.1, 0.15) is 23.1 Å². The van der Waals surface area contributed by atoms with Crippen molar-refractivity contribution in [2.75, 3.05) is 0 Å². The van der Waals surface area contributed by atoms with Gasteiger partial charge in [-0.05, 0) is 61.9 Å². The quantitative estimate of drug-likeness (QED) is 0.568. The van der Waals surface area contributed by atoms with E-state index in [2.05, 4.69) is 15.6 Å². The van der Waals surface area contributed by atoms with Crippen molar-refractivity contribution in [3.05, 3.63) is 71.2 Å². The van der Waals surface area contributed by atoms with Gasteiger partial charge in [0.25, 0.3) is 5.91 Å². The van der Waals surface area contributed by atoms with Crippen molar-refractivity contribution in [1.29, 1.82) is 0 Å². The van der Waals surface area contributed by atoms with Crippen LogP contribution in [-0.4, -0.2) is 37.5 Å². The molecule has 2 saturated carbocycles. The van der Waals surface area contributed by atoms with E-state index in [0.29, 0.717) is 32.1 Å². The van der Waals surface area contributed by atoms with Crippen LogP contribution in [0.5, 0.6) is 0 Å². The molecule has 7 nitrogen and oxygen atoms in total. The number of rotatable bonds is 7. The van der Waals surface area contributed by atoms with Crippen molar-refractivity contribution in [2.45, 2.75) is 43.2 Å². The maximum Gasteiger partial charge on any atom is 0.331 e. The van der Waals surface area contributed by atoms with Gasteiger partial charge in [-0.15, -0.1) is 5.10 Å². The third kappa shape index (κ3) is 3.85. The van der Waals surface area contributed by atoms with Gasteiger partial charge in [0, 0.05) is 11.1 Å². The second-order valence-corrected chi connectivity index (χ2v) is 8.73. The maximum atomic E-state index is 14.8. The average molecular weight is 456 g/mol. The lowest BCUT2D eigenvalue weighted by Gasteiger charge is -2.18. The summed E-state index contributed by atoms with van der Waals surface area (Å²) in [5.74, 6) is -3.98. The molecule has 0 aliphatic heterocycles. The predicted molar refractivity (Wildman–Crippen MR) is 110 cm³/mol. The molecule has 0 radical (unpaired) electrons. The van der Waals surface area contributed by atoms with Crippen molar-refractivity contribution in [2.24, 2.45) is 0 Å². The normalized spacial score (nSPS) is 17.4. The lowest BCUT2D eigenvalue weighted by molar-refractivity contribution is -0.142. The number of hydrogen-bond donors (Lipinski definition) is 2. The summed E-state index contributed by atoms with van der Waals surface area (Å²) in [5, 5.41) is 19.7. The van der Waals surface area contributed by atoms with Crippen LogP contribution in [-0.2, 0) is 16.8 Å². The number of aliphatic carboxylic acids is 1. The minimum atomic E-state index is -1.19. The molecule has 0 saturated heterocycles. The lowest BCUT2D eigenvalue weighted by Crippen LogP contribution is -2.39. The second-order valence-electron chi connectivity index (χ2n) is 8.73. The SMILES string of the molecule is O=C(NC1(Cc2ccc(F)cc2)CC1)c1cc(F)c(-c2cn(C3(C(=O)O)CC3)nn2)cc1F. The van der Waals surface area contributed by atoms with Gasteiger partial charge in [0.2, 0.25) is 0 Å². The van der Waals surface area contributed by atoms with Crippen LogP contribution in [0, 0.1) is 17.5 Å². The van der Waals surface area contributed by atoms with Gasteiger partial charge < -0.3 is 10.4 Å². The van der Waals surface area contributed by atoms with Gasteiger partial charge >= 0.3 is 5.97 Å². The first-order valence-electron chi connectivity index (χ1n) is 10.4. The summed E-state index contributed by atoms with van der Waals surface area (Å²) in [5.41, 5.74) is -1.63. The monoisotopic (exact) mass is 456 g/mol. The summed E-state index contributed by atoms with van der Waals surface area (Å²) in [6, 6.07) is 7.58. The Hall–Kier alpha value is -3.69. The Morgan fingerprint density at radius 2 is 1.73 bits per heavy atom. The number of carbonyl (C=O) groups excluding carboxylic acids is 1. The van der Waals surface area contributed by atoms with Crippen LogP contribution >= 0.6 is 0 Å². The zero-order chi connectivity index (χ0) is 23.4. The smallest absolute Gasteiger partial charge is 0.331 e. The molecule has 5 rings (SSSR count). The van der Waals surface area contributed by atoms with Crippen LogP contribution in [0.1, 0.15) is 41.6 Å². The third-order valence-corrected chi connectivity index (χ3v) is 6.32. The molecule has 2 N–H and O–H groups in total. The fourth-order valence-corrected chi connectivity index (χ4v) is 3.97. The van der Waals surface area contributed by atoms with E-state index >= 15 is 0 Å². The number of carboxylic acid groups (broad SMARTS) is 1. The van der Waals surface area contributed by atoms with E-state index in [1.807, 2.05) is 0 Å². The Balaban J connectivity index is 1.35. The summed E-state index contributed by atoms with van der Waals surface area (Å²) in [7, 11) is 0. The molecule has 3 aromatic rings. The minimum Gasteiger partial charge on any atom is -0.479 e. The molecule has 1 heterocycles. The molecule has 0 bridgehead atoms. The molecule has 10 heteroatoms.